The van der Waals surface area contributed by atoms with Crippen molar-refractivity contribution in [1.29, 1.82) is 0 Å². The van der Waals surface area contributed by atoms with Gasteiger partial charge in [-0.2, -0.15) is 0 Å². The zero-order valence-corrected chi connectivity index (χ0v) is 12.0. The monoisotopic (exact) mass is 279 g/mol. The molecule has 2 atom stereocenters. The molecule has 1 aromatic heterocycles. The Labute approximate surface area is 118 Å². The summed E-state index contributed by atoms with van der Waals surface area (Å²) in [7, 11) is 0. The van der Waals surface area contributed by atoms with Crippen LogP contribution in [-0.2, 0) is 6.54 Å². The van der Waals surface area contributed by atoms with E-state index in [4.69, 9.17) is 5.11 Å². The first-order valence-corrected chi connectivity index (χ1v) is 6.66. The molecule has 0 aliphatic heterocycles. The van der Waals surface area contributed by atoms with E-state index >= 15 is 0 Å². The van der Waals surface area contributed by atoms with Gasteiger partial charge in [0, 0.05) is 18.8 Å². The van der Waals surface area contributed by atoms with Crippen LogP contribution in [0.4, 0.5) is 4.79 Å². The molecule has 6 nitrogen and oxygen atoms in total. The highest BCUT2D eigenvalue weighted by molar-refractivity contribution is 5.85. The molecule has 0 bridgehead atoms. The van der Waals surface area contributed by atoms with Crippen LogP contribution in [0.15, 0.2) is 18.3 Å². The minimum Gasteiger partial charge on any atom is -0.477 e. The van der Waals surface area contributed by atoms with Gasteiger partial charge in [0.2, 0.25) is 0 Å². The van der Waals surface area contributed by atoms with Crippen molar-refractivity contribution in [3.63, 3.8) is 0 Å². The second kappa shape index (κ2) is 7.47. The number of hydrogen-bond donors (Lipinski definition) is 3. The van der Waals surface area contributed by atoms with Gasteiger partial charge in [-0.3, -0.25) is 0 Å². The maximum atomic E-state index is 11.7. The number of carboxylic acid groups (broad SMARTS) is 1. The molecule has 2 amide bonds. The quantitative estimate of drug-likeness (QED) is 0.743. The third kappa shape index (κ3) is 4.87. The predicted molar refractivity (Wildman–Crippen MR) is 75.5 cm³/mol. The number of carboxylic acids is 1. The third-order valence-electron chi connectivity index (χ3n) is 3.35. The van der Waals surface area contributed by atoms with Gasteiger partial charge in [0.15, 0.2) is 0 Å². The molecule has 110 valence electrons. The molecule has 3 N–H and O–H groups in total. The molecule has 0 spiro atoms. The number of rotatable bonds is 6. The smallest absolute Gasteiger partial charge is 0.354 e. The number of hydrogen-bond acceptors (Lipinski definition) is 3. The van der Waals surface area contributed by atoms with Gasteiger partial charge < -0.3 is 15.7 Å². The lowest BCUT2D eigenvalue weighted by atomic mass is 10.0. The Balaban J connectivity index is 2.43. The molecule has 0 aromatic carbocycles. The van der Waals surface area contributed by atoms with E-state index in [-0.39, 0.29) is 17.8 Å². The summed E-state index contributed by atoms with van der Waals surface area (Å²) in [5.74, 6) is -0.651. The lowest BCUT2D eigenvalue weighted by Crippen LogP contribution is -2.43. The first-order chi connectivity index (χ1) is 9.43. The number of amides is 2. The highest BCUT2D eigenvalue weighted by Crippen LogP contribution is 2.06. The summed E-state index contributed by atoms with van der Waals surface area (Å²) >= 11 is 0. The number of nitrogens with one attached hydrogen (secondary N) is 2. The van der Waals surface area contributed by atoms with Crippen LogP contribution < -0.4 is 10.6 Å². The topological polar surface area (TPSA) is 91.3 Å². The Bertz CT molecular complexity index is 459. The fraction of sp³-hybridized carbons (Fsp3) is 0.500. The third-order valence-corrected chi connectivity index (χ3v) is 3.35. The van der Waals surface area contributed by atoms with Crippen molar-refractivity contribution in [2.24, 2.45) is 5.92 Å². The zero-order chi connectivity index (χ0) is 15.1. The molecular formula is C14H21N3O3. The van der Waals surface area contributed by atoms with E-state index in [1.165, 1.54) is 12.3 Å². The lowest BCUT2D eigenvalue weighted by Gasteiger charge is -2.20. The van der Waals surface area contributed by atoms with Crippen molar-refractivity contribution < 1.29 is 14.7 Å². The molecule has 1 heterocycles. The molecule has 0 aliphatic carbocycles. The Morgan fingerprint density at radius 1 is 1.35 bits per heavy atom. The van der Waals surface area contributed by atoms with Crippen molar-refractivity contribution in [2.45, 2.75) is 39.8 Å². The van der Waals surface area contributed by atoms with E-state index in [0.717, 1.165) is 12.0 Å². The second-order valence-corrected chi connectivity index (χ2v) is 4.86. The number of urea groups is 1. The van der Waals surface area contributed by atoms with Crippen molar-refractivity contribution >= 4 is 12.0 Å². The molecule has 0 aliphatic rings. The van der Waals surface area contributed by atoms with Crippen LogP contribution in [-0.4, -0.2) is 28.1 Å². The Morgan fingerprint density at radius 2 is 2.05 bits per heavy atom. The first kappa shape index (κ1) is 15.9. The summed E-state index contributed by atoms with van der Waals surface area (Å²) in [6.07, 6.45) is 2.45. The molecule has 1 rings (SSSR count). The number of nitrogens with zero attached hydrogens (tertiary/aromatic N) is 1. The summed E-state index contributed by atoms with van der Waals surface area (Å²) in [4.78, 5) is 26.1. The average Bonchev–Trinajstić information content (AvgIpc) is 2.44. The van der Waals surface area contributed by atoms with Crippen molar-refractivity contribution in [1.82, 2.24) is 15.6 Å². The van der Waals surface area contributed by atoms with E-state index < -0.39 is 5.97 Å². The fourth-order valence-electron chi connectivity index (χ4n) is 1.59. The summed E-state index contributed by atoms with van der Waals surface area (Å²) in [6, 6.07) is 2.92. The van der Waals surface area contributed by atoms with Gasteiger partial charge in [-0.05, 0) is 24.5 Å². The molecular weight excluding hydrogens is 258 g/mol. The molecule has 1 aromatic rings. The van der Waals surface area contributed by atoms with Gasteiger partial charge >= 0.3 is 12.0 Å². The van der Waals surface area contributed by atoms with Crippen LogP contribution in [0.3, 0.4) is 0 Å². The molecule has 0 saturated heterocycles. The van der Waals surface area contributed by atoms with E-state index in [0.29, 0.717) is 12.5 Å². The predicted octanol–water partition coefficient (Wildman–Crippen LogP) is 2.01. The molecule has 0 saturated carbocycles. The van der Waals surface area contributed by atoms with Crippen LogP contribution in [0.2, 0.25) is 0 Å². The van der Waals surface area contributed by atoms with E-state index in [2.05, 4.69) is 29.5 Å². The Hall–Kier alpha value is -2.11. The lowest BCUT2D eigenvalue weighted by molar-refractivity contribution is 0.0690. The van der Waals surface area contributed by atoms with Crippen LogP contribution in [0.1, 0.15) is 43.2 Å². The van der Waals surface area contributed by atoms with Gasteiger partial charge in [0.25, 0.3) is 0 Å². The van der Waals surface area contributed by atoms with Gasteiger partial charge in [-0.15, -0.1) is 0 Å². The van der Waals surface area contributed by atoms with Gasteiger partial charge in [-0.25, -0.2) is 14.6 Å². The number of pyridine rings is 1. The van der Waals surface area contributed by atoms with Crippen LogP contribution >= 0.6 is 0 Å². The normalized spacial score (nSPS) is 13.3. The molecule has 0 radical (unpaired) electrons. The maximum absolute atomic E-state index is 11.7. The minimum atomic E-state index is -1.07. The summed E-state index contributed by atoms with van der Waals surface area (Å²) in [5.41, 5.74) is 0.741. The largest absolute Gasteiger partial charge is 0.477 e. The molecule has 6 heteroatoms. The number of aromatic carboxylic acids is 1. The number of carbonyl (C=O) groups is 2. The first-order valence-electron chi connectivity index (χ1n) is 6.66. The number of aromatic nitrogens is 1. The second-order valence-electron chi connectivity index (χ2n) is 4.86. The van der Waals surface area contributed by atoms with E-state index in [1.54, 1.807) is 6.07 Å². The van der Waals surface area contributed by atoms with Crippen LogP contribution in [0.25, 0.3) is 0 Å². The Morgan fingerprint density at radius 3 is 2.55 bits per heavy atom. The molecule has 2 unspecified atom stereocenters. The van der Waals surface area contributed by atoms with Crippen LogP contribution in [0.5, 0.6) is 0 Å². The van der Waals surface area contributed by atoms with Crippen molar-refractivity contribution in [2.75, 3.05) is 0 Å². The highest BCUT2D eigenvalue weighted by Gasteiger charge is 2.12. The van der Waals surface area contributed by atoms with Gasteiger partial charge in [-0.1, -0.05) is 26.3 Å². The van der Waals surface area contributed by atoms with Gasteiger partial charge in [0.1, 0.15) is 5.69 Å². The van der Waals surface area contributed by atoms with Crippen molar-refractivity contribution in [3.8, 4) is 0 Å². The van der Waals surface area contributed by atoms with E-state index in [9.17, 15) is 9.59 Å². The van der Waals surface area contributed by atoms with E-state index in [1.807, 2.05) is 6.92 Å². The number of carbonyl (C=O) groups excluding carboxylic acids is 1. The average molecular weight is 279 g/mol. The standard InChI is InChI=1S/C14H21N3O3/c1-4-9(2)10(3)17-14(20)16-8-11-5-6-12(13(18)19)15-7-11/h5-7,9-10H,4,8H2,1-3H3,(H,18,19)(H2,16,17,20). The summed E-state index contributed by atoms with van der Waals surface area (Å²) in [5, 5.41) is 14.3. The fourth-order valence-corrected chi connectivity index (χ4v) is 1.59. The van der Waals surface area contributed by atoms with Gasteiger partial charge in [0.05, 0.1) is 0 Å². The molecule has 0 fully saturated rings. The van der Waals surface area contributed by atoms with Crippen molar-refractivity contribution in [3.05, 3.63) is 29.6 Å². The highest BCUT2D eigenvalue weighted by atomic mass is 16.4. The minimum absolute atomic E-state index is 0.0106. The maximum Gasteiger partial charge on any atom is 0.354 e. The SMILES string of the molecule is CCC(C)C(C)NC(=O)NCc1ccc(C(=O)O)nc1. The van der Waals surface area contributed by atoms with Crippen LogP contribution in [0, 0.1) is 5.92 Å². The summed E-state index contributed by atoms with van der Waals surface area (Å²) in [6.45, 7) is 6.44. The Kier molecular flexibility index (Phi) is 5.96. The zero-order valence-electron chi connectivity index (χ0n) is 12.0. The molecule has 20 heavy (non-hydrogen) atoms. The summed E-state index contributed by atoms with van der Waals surface area (Å²) < 4.78 is 0.